The van der Waals surface area contributed by atoms with Crippen LogP contribution in [0.25, 0.3) is 0 Å². The van der Waals surface area contributed by atoms with E-state index in [9.17, 15) is 0 Å². The first-order valence-corrected chi connectivity index (χ1v) is 8.56. The lowest BCUT2D eigenvalue weighted by Gasteiger charge is -2.35. The van der Waals surface area contributed by atoms with Gasteiger partial charge < -0.3 is 15.5 Å². The average Bonchev–Trinajstić information content (AvgIpc) is 2.53. The molecule has 2 heterocycles. The Hall–Kier alpha value is -1.06. The highest BCUT2D eigenvalue weighted by molar-refractivity contribution is 5.59. The number of benzene rings is 1. The first-order valence-electron chi connectivity index (χ1n) is 8.56. The average molecular weight is 287 g/mol. The van der Waals surface area contributed by atoms with Crippen molar-refractivity contribution < 1.29 is 0 Å². The molecule has 3 nitrogen and oxygen atoms in total. The molecular formula is C18H29N3. The number of nitrogens with zero attached hydrogens (tertiary/aromatic N) is 1. The minimum absolute atomic E-state index is 0.680. The van der Waals surface area contributed by atoms with Crippen molar-refractivity contribution in [1.29, 1.82) is 0 Å². The van der Waals surface area contributed by atoms with Gasteiger partial charge in [0.1, 0.15) is 0 Å². The summed E-state index contributed by atoms with van der Waals surface area (Å²) in [7, 11) is 0. The number of anilines is 1. The maximum absolute atomic E-state index is 3.78. The van der Waals surface area contributed by atoms with Crippen LogP contribution in [0.2, 0.25) is 0 Å². The van der Waals surface area contributed by atoms with Gasteiger partial charge in [-0.25, -0.2) is 0 Å². The quantitative estimate of drug-likeness (QED) is 0.891. The van der Waals surface area contributed by atoms with E-state index < -0.39 is 0 Å². The van der Waals surface area contributed by atoms with Crippen LogP contribution >= 0.6 is 0 Å². The van der Waals surface area contributed by atoms with Crippen molar-refractivity contribution in [2.45, 2.75) is 58.2 Å². The molecule has 0 amide bonds. The van der Waals surface area contributed by atoms with Gasteiger partial charge in [0.15, 0.2) is 0 Å². The zero-order valence-electron chi connectivity index (χ0n) is 13.5. The summed E-state index contributed by atoms with van der Waals surface area (Å²) < 4.78 is 0. The first-order chi connectivity index (χ1) is 10.2. The van der Waals surface area contributed by atoms with Crippen molar-refractivity contribution in [3.8, 4) is 0 Å². The van der Waals surface area contributed by atoms with Crippen LogP contribution in [0.4, 0.5) is 5.69 Å². The van der Waals surface area contributed by atoms with Crippen molar-refractivity contribution in [1.82, 2.24) is 10.2 Å². The lowest BCUT2D eigenvalue weighted by molar-refractivity contribution is 0.161. The first kappa shape index (κ1) is 14.9. The Labute approximate surface area is 129 Å². The molecule has 0 aromatic heterocycles. The van der Waals surface area contributed by atoms with Crippen LogP contribution in [-0.2, 0) is 13.0 Å². The molecule has 1 aromatic carbocycles. The summed E-state index contributed by atoms with van der Waals surface area (Å²) in [6.07, 6.45) is 5.04. The lowest BCUT2D eigenvalue weighted by Crippen LogP contribution is -2.44. The van der Waals surface area contributed by atoms with E-state index in [1.165, 1.54) is 55.6 Å². The number of hydrogen-bond acceptors (Lipinski definition) is 3. The molecule has 1 saturated heterocycles. The third-order valence-electron chi connectivity index (χ3n) is 5.00. The van der Waals surface area contributed by atoms with E-state index >= 15 is 0 Å². The predicted octanol–water partition coefficient (Wildman–Crippen LogP) is 3.01. The van der Waals surface area contributed by atoms with Crippen molar-refractivity contribution in [3.63, 3.8) is 0 Å². The Bertz CT molecular complexity index is 462. The van der Waals surface area contributed by atoms with Crippen molar-refractivity contribution >= 4 is 5.69 Å². The third kappa shape index (κ3) is 3.58. The summed E-state index contributed by atoms with van der Waals surface area (Å²) in [5.41, 5.74) is 4.34. The fourth-order valence-electron chi connectivity index (χ4n) is 3.60. The second kappa shape index (κ2) is 6.80. The van der Waals surface area contributed by atoms with E-state index in [4.69, 9.17) is 0 Å². The highest BCUT2D eigenvalue weighted by atomic mass is 15.2. The maximum Gasteiger partial charge on any atom is 0.0418 e. The van der Waals surface area contributed by atoms with Gasteiger partial charge in [-0.2, -0.15) is 0 Å². The summed E-state index contributed by atoms with van der Waals surface area (Å²) in [5, 5.41) is 7.37. The van der Waals surface area contributed by atoms with Crippen molar-refractivity contribution in [3.05, 3.63) is 29.3 Å². The molecule has 3 heteroatoms. The molecule has 0 spiro atoms. The normalized spacial score (nSPS) is 20.3. The minimum Gasteiger partial charge on any atom is -0.385 e. The summed E-state index contributed by atoms with van der Waals surface area (Å²) in [5.74, 6) is 0. The van der Waals surface area contributed by atoms with E-state index in [1.807, 2.05) is 0 Å². The molecule has 0 saturated carbocycles. The van der Waals surface area contributed by atoms with Crippen LogP contribution in [0.3, 0.4) is 0 Å². The number of piperidine rings is 1. The molecular weight excluding hydrogens is 258 g/mol. The topological polar surface area (TPSA) is 27.3 Å². The van der Waals surface area contributed by atoms with E-state index in [-0.39, 0.29) is 0 Å². The molecule has 1 aromatic rings. The Morgan fingerprint density at radius 2 is 2.10 bits per heavy atom. The van der Waals surface area contributed by atoms with Gasteiger partial charge in [-0.05, 0) is 63.7 Å². The number of para-hydroxylation sites is 1. The molecule has 3 rings (SSSR count). The second-order valence-electron chi connectivity index (χ2n) is 6.77. The van der Waals surface area contributed by atoms with Gasteiger partial charge in [0.25, 0.3) is 0 Å². The summed E-state index contributed by atoms with van der Waals surface area (Å²) in [6.45, 7) is 9.20. The largest absolute Gasteiger partial charge is 0.385 e. The SMILES string of the molecule is CC(C)N1CCC(NCc2cccc3c2NCCC3)CC1. The van der Waals surface area contributed by atoms with E-state index in [0.29, 0.717) is 12.1 Å². The number of rotatable bonds is 4. The number of hydrogen-bond donors (Lipinski definition) is 2. The Morgan fingerprint density at radius 3 is 2.86 bits per heavy atom. The molecule has 1 fully saturated rings. The molecule has 0 atom stereocenters. The number of fused-ring (bicyclic) bond motifs is 1. The third-order valence-corrected chi connectivity index (χ3v) is 5.00. The number of aryl methyl sites for hydroxylation is 1. The fourth-order valence-corrected chi connectivity index (χ4v) is 3.60. The standard InChI is InChI=1S/C18H29N3/c1-14(2)21-11-8-17(9-12-21)20-13-16-6-3-5-15-7-4-10-19-18(15)16/h3,5-6,14,17,19-20H,4,7-13H2,1-2H3. The number of likely N-dealkylation sites (tertiary alicyclic amines) is 1. The molecule has 2 aliphatic heterocycles. The molecule has 21 heavy (non-hydrogen) atoms. The zero-order valence-corrected chi connectivity index (χ0v) is 13.5. The zero-order chi connectivity index (χ0) is 14.7. The van der Waals surface area contributed by atoms with Crippen molar-refractivity contribution in [2.75, 3.05) is 25.0 Å². The smallest absolute Gasteiger partial charge is 0.0418 e. The van der Waals surface area contributed by atoms with Gasteiger partial charge in [0.05, 0.1) is 0 Å². The summed E-state index contributed by atoms with van der Waals surface area (Å²) in [6, 6.07) is 8.12. The van der Waals surface area contributed by atoms with Crippen LogP contribution in [-0.4, -0.2) is 36.6 Å². The maximum atomic E-state index is 3.78. The lowest BCUT2D eigenvalue weighted by atomic mass is 9.98. The summed E-state index contributed by atoms with van der Waals surface area (Å²) >= 11 is 0. The minimum atomic E-state index is 0.680. The van der Waals surface area contributed by atoms with Gasteiger partial charge in [-0.1, -0.05) is 18.2 Å². The molecule has 2 N–H and O–H groups in total. The monoisotopic (exact) mass is 287 g/mol. The molecule has 0 radical (unpaired) electrons. The van der Waals surface area contributed by atoms with Crippen LogP contribution in [0.15, 0.2) is 18.2 Å². The fraction of sp³-hybridized carbons (Fsp3) is 0.667. The highest BCUT2D eigenvalue weighted by Gasteiger charge is 2.21. The number of nitrogens with one attached hydrogen (secondary N) is 2. The Morgan fingerprint density at radius 1 is 1.29 bits per heavy atom. The predicted molar refractivity (Wildman–Crippen MR) is 89.8 cm³/mol. The van der Waals surface area contributed by atoms with E-state index in [0.717, 1.165) is 13.1 Å². The van der Waals surface area contributed by atoms with Crippen LogP contribution in [0, 0.1) is 0 Å². The van der Waals surface area contributed by atoms with Gasteiger partial charge in [0, 0.05) is 30.9 Å². The summed E-state index contributed by atoms with van der Waals surface area (Å²) in [4.78, 5) is 2.59. The molecule has 0 bridgehead atoms. The van der Waals surface area contributed by atoms with Gasteiger partial charge in [-0.3, -0.25) is 0 Å². The molecule has 0 aliphatic carbocycles. The molecule has 2 aliphatic rings. The van der Waals surface area contributed by atoms with E-state index in [1.54, 1.807) is 0 Å². The molecule has 0 unspecified atom stereocenters. The molecule has 116 valence electrons. The van der Waals surface area contributed by atoms with Crippen LogP contribution < -0.4 is 10.6 Å². The van der Waals surface area contributed by atoms with Gasteiger partial charge in [0.2, 0.25) is 0 Å². The van der Waals surface area contributed by atoms with Crippen LogP contribution in [0.5, 0.6) is 0 Å². The Kier molecular flexibility index (Phi) is 4.81. The van der Waals surface area contributed by atoms with Crippen molar-refractivity contribution in [2.24, 2.45) is 0 Å². The second-order valence-corrected chi connectivity index (χ2v) is 6.77. The van der Waals surface area contributed by atoms with Crippen LogP contribution in [0.1, 0.15) is 44.2 Å². The van der Waals surface area contributed by atoms with Gasteiger partial charge in [-0.15, -0.1) is 0 Å². The Balaban J connectivity index is 1.54. The van der Waals surface area contributed by atoms with Gasteiger partial charge >= 0.3 is 0 Å². The highest BCUT2D eigenvalue weighted by Crippen LogP contribution is 2.26. The van der Waals surface area contributed by atoms with E-state index in [2.05, 4.69) is 47.6 Å².